The molecule has 0 fully saturated rings. The van der Waals surface area contributed by atoms with E-state index in [1.165, 1.54) is 12.1 Å². The Hall–Kier alpha value is -1.23. The third-order valence-electron chi connectivity index (χ3n) is 2.90. The lowest BCUT2D eigenvalue weighted by molar-refractivity contribution is -0.137. The Bertz CT molecular complexity index is 609. The second kappa shape index (κ2) is 5.64. The van der Waals surface area contributed by atoms with Gasteiger partial charge in [-0.15, -0.1) is 0 Å². The van der Waals surface area contributed by atoms with Crippen molar-refractivity contribution in [1.82, 2.24) is 0 Å². The Morgan fingerprint density at radius 1 is 0.850 bits per heavy atom. The lowest BCUT2D eigenvalue weighted by atomic mass is 9.98. The van der Waals surface area contributed by atoms with Crippen molar-refractivity contribution in [2.24, 2.45) is 5.73 Å². The molecule has 2 aromatic carbocycles. The van der Waals surface area contributed by atoms with E-state index < -0.39 is 17.8 Å². The highest BCUT2D eigenvalue weighted by atomic mass is 35.5. The van der Waals surface area contributed by atoms with Crippen LogP contribution in [0.2, 0.25) is 10.0 Å². The molecule has 6 heteroatoms. The molecule has 0 aromatic heterocycles. The third-order valence-corrected chi connectivity index (χ3v) is 3.64. The first-order valence-electron chi connectivity index (χ1n) is 5.66. The minimum absolute atomic E-state index is 0.353. The summed E-state index contributed by atoms with van der Waals surface area (Å²) in [6, 6.07) is 9.06. The smallest absolute Gasteiger partial charge is 0.320 e. The van der Waals surface area contributed by atoms with Crippen molar-refractivity contribution < 1.29 is 13.2 Å². The van der Waals surface area contributed by atoms with E-state index in [9.17, 15) is 13.2 Å². The second-order valence-corrected chi connectivity index (χ2v) is 5.09. The van der Waals surface area contributed by atoms with E-state index in [1.807, 2.05) is 0 Å². The van der Waals surface area contributed by atoms with Crippen LogP contribution in [-0.4, -0.2) is 0 Å². The third kappa shape index (κ3) is 3.26. The summed E-state index contributed by atoms with van der Waals surface area (Å²) in [4.78, 5) is 0. The molecule has 2 aromatic rings. The lowest BCUT2D eigenvalue weighted by Crippen LogP contribution is -2.12. The van der Waals surface area contributed by atoms with Crippen molar-refractivity contribution in [2.75, 3.05) is 0 Å². The van der Waals surface area contributed by atoms with E-state index in [0.29, 0.717) is 21.2 Å². The zero-order valence-electron chi connectivity index (χ0n) is 10.1. The normalized spacial score (nSPS) is 13.3. The van der Waals surface area contributed by atoms with Gasteiger partial charge in [-0.05, 0) is 35.4 Å². The molecular weight excluding hydrogens is 310 g/mol. The predicted octanol–water partition coefficient (Wildman–Crippen LogP) is 5.06. The molecule has 20 heavy (non-hydrogen) atoms. The van der Waals surface area contributed by atoms with Crippen molar-refractivity contribution in [3.8, 4) is 0 Å². The Balaban J connectivity index is 2.29. The van der Waals surface area contributed by atoms with Gasteiger partial charge in [0.05, 0.1) is 21.7 Å². The minimum atomic E-state index is -4.35. The fraction of sp³-hybridized carbons (Fsp3) is 0.143. The van der Waals surface area contributed by atoms with Crippen LogP contribution in [0.15, 0.2) is 42.5 Å². The zero-order chi connectivity index (χ0) is 14.9. The van der Waals surface area contributed by atoms with Crippen molar-refractivity contribution in [3.63, 3.8) is 0 Å². The van der Waals surface area contributed by atoms with Crippen molar-refractivity contribution in [3.05, 3.63) is 69.2 Å². The van der Waals surface area contributed by atoms with Crippen LogP contribution in [0.25, 0.3) is 0 Å². The van der Waals surface area contributed by atoms with Crippen LogP contribution in [0.3, 0.4) is 0 Å². The van der Waals surface area contributed by atoms with Gasteiger partial charge in [-0.3, -0.25) is 0 Å². The van der Waals surface area contributed by atoms with Gasteiger partial charge in [0.25, 0.3) is 0 Å². The number of nitrogens with two attached hydrogens (primary N) is 1. The Morgan fingerprint density at radius 2 is 1.40 bits per heavy atom. The first-order valence-corrected chi connectivity index (χ1v) is 6.42. The number of hydrogen-bond donors (Lipinski definition) is 1. The summed E-state index contributed by atoms with van der Waals surface area (Å²) in [5.74, 6) is 0. The molecule has 0 bridgehead atoms. The van der Waals surface area contributed by atoms with E-state index in [-0.39, 0.29) is 0 Å². The van der Waals surface area contributed by atoms with E-state index in [1.54, 1.807) is 18.2 Å². The van der Waals surface area contributed by atoms with Crippen LogP contribution in [-0.2, 0) is 6.18 Å². The maximum absolute atomic E-state index is 12.5. The maximum Gasteiger partial charge on any atom is 0.416 e. The SMILES string of the molecule is NC(c1ccc(C(F)(F)F)cc1)c1ccc(Cl)c(Cl)c1. The number of alkyl halides is 3. The molecular formula is C14H10Cl2F3N. The molecule has 0 aliphatic rings. The summed E-state index contributed by atoms with van der Waals surface area (Å²) in [5, 5.41) is 0.751. The maximum atomic E-state index is 12.5. The van der Waals surface area contributed by atoms with Crippen LogP contribution >= 0.6 is 23.2 Å². The van der Waals surface area contributed by atoms with Gasteiger partial charge in [-0.25, -0.2) is 0 Å². The summed E-state index contributed by atoms with van der Waals surface area (Å²) in [6.45, 7) is 0. The van der Waals surface area contributed by atoms with Crippen LogP contribution in [0.1, 0.15) is 22.7 Å². The van der Waals surface area contributed by atoms with E-state index in [0.717, 1.165) is 12.1 Å². The number of rotatable bonds is 2. The molecule has 0 saturated carbocycles. The van der Waals surface area contributed by atoms with Gasteiger partial charge in [0.15, 0.2) is 0 Å². The van der Waals surface area contributed by atoms with Crippen LogP contribution in [0, 0.1) is 0 Å². The van der Waals surface area contributed by atoms with Gasteiger partial charge in [-0.2, -0.15) is 13.2 Å². The standard InChI is InChI=1S/C14H10Cl2F3N/c15-11-6-3-9(7-12(11)16)13(20)8-1-4-10(5-2-8)14(17,18)19/h1-7,13H,20H2. The molecule has 0 aliphatic carbocycles. The summed E-state index contributed by atoms with van der Waals surface area (Å²) < 4.78 is 37.4. The van der Waals surface area contributed by atoms with Crippen molar-refractivity contribution in [1.29, 1.82) is 0 Å². The van der Waals surface area contributed by atoms with Crippen LogP contribution < -0.4 is 5.73 Å². The van der Waals surface area contributed by atoms with E-state index in [2.05, 4.69) is 0 Å². The predicted molar refractivity (Wildman–Crippen MR) is 73.9 cm³/mol. The van der Waals surface area contributed by atoms with Crippen LogP contribution in [0.5, 0.6) is 0 Å². The Kier molecular flexibility index (Phi) is 4.28. The molecule has 1 nitrogen and oxygen atoms in total. The van der Waals surface area contributed by atoms with E-state index >= 15 is 0 Å². The quantitative estimate of drug-likeness (QED) is 0.822. The molecule has 0 radical (unpaired) electrons. The summed E-state index contributed by atoms with van der Waals surface area (Å²) in [5.41, 5.74) is 6.55. The average molecular weight is 320 g/mol. The summed E-state index contributed by atoms with van der Waals surface area (Å²) >= 11 is 11.7. The molecule has 2 N–H and O–H groups in total. The first-order chi connectivity index (χ1) is 9.29. The number of benzene rings is 2. The molecule has 0 heterocycles. The monoisotopic (exact) mass is 319 g/mol. The van der Waals surface area contributed by atoms with Crippen LogP contribution in [0.4, 0.5) is 13.2 Å². The highest BCUT2D eigenvalue weighted by Crippen LogP contribution is 2.31. The molecule has 106 valence electrons. The molecule has 1 unspecified atom stereocenters. The Labute approximate surface area is 124 Å². The van der Waals surface area contributed by atoms with Gasteiger partial charge < -0.3 is 5.73 Å². The summed E-state index contributed by atoms with van der Waals surface area (Å²) in [6.07, 6.45) is -4.35. The average Bonchev–Trinajstić information content (AvgIpc) is 2.40. The molecule has 0 aliphatic heterocycles. The lowest BCUT2D eigenvalue weighted by Gasteiger charge is -2.14. The van der Waals surface area contributed by atoms with Gasteiger partial charge >= 0.3 is 6.18 Å². The molecule has 0 amide bonds. The minimum Gasteiger partial charge on any atom is -0.320 e. The van der Waals surface area contributed by atoms with Gasteiger partial charge in [-0.1, -0.05) is 41.4 Å². The van der Waals surface area contributed by atoms with E-state index in [4.69, 9.17) is 28.9 Å². The van der Waals surface area contributed by atoms with Crippen molar-refractivity contribution in [2.45, 2.75) is 12.2 Å². The van der Waals surface area contributed by atoms with Gasteiger partial charge in [0, 0.05) is 0 Å². The molecule has 1 atom stereocenters. The highest BCUT2D eigenvalue weighted by molar-refractivity contribution is 6.42. The largest absolute Gasteiger partial charge is 0.416 e. The van der Waals surface area contributed by atoms with Crippen molar-refractivity contribution >= 4 is 23.2 Å². The second-order valence-electron chi connectivity index (χ2n) is 4.27. The first kappa shape index (κ1) is 15.2. The van der Waals surface area contributed by atoms with Gasteiger partial charge in [0.2, 0.25) is 0 Å². The summed E-state index contributed by atoms with van der Waals surface area (Å²) in [7, 11) is 0. The molecule has 0 saturated heterocycles. The number of halogens is 5. The fourth-order valence-corrected chi connectivity index (χ4v) is 2.08. The number of hydrogen-bond acceptors (Lipinski definition) is 1. The van der Waals surface area contributed by atoms with Gasteiger partial charge in [0.1, 0.15) is 0 Å². The topological polar surface area (TPSA) is 26.0 Å². The zero-order valence-corrected chi connectivity index (χ0v) is 11.6. The molecule has 2 rings (SSSR count). The molecule has 0 spiro atoms. The highest BCUT2D eigenvalue weighted by Gasteiger charge is 2.30. The fourth-order valence-electron chi connectivity index (χ4n) is 1.78. The Morgan fingerprint density at radius 3 is 1.90 bits per heavy atom.